The molecule has 1 heterocycles. The molecule has 0 amide bonds. The fraction of sp³-hybridized carbons (Fsp3) is 0.800. The highest BCUT2D eigenvalue weighted by molar-refractivity contribution is 4.78. The molecule has 1 saturated heterocycles. The fourth-order valence-corrected chi connectivity index (χ4v) is 0.752. The molecule has 0 bridgehead atoms. The Labute approximate surface area is 44.1 Å². The zero-order chi connectivity index (χ0) is 5.11. The van der Waals surface area contributed by atoms with E-state index in [4.69, 9.17) is 5.73 Å². The molecule has 0 aromatic carbocycles. The van der Waals surface area contributed by atoms with Gasteiger partial charge < -0.3 is 11.1 Å². The minimum Gasteiger partial charge on any atom is -0.316 e. The van der Waals surface area contributed by atoms with Crippen LogP contribution in [0.2, 0.25) is 0 Å². The first-order chi connectivity index (χ1) is 3.39. The van der Waals surface area contributed by atoms with Crippen LogP contribution in [0.15, 0.2) is 0 Å². The zero-order valence-electron chi connectivity index (χ0n) is 4.35. The number of hydrogen-bond donors (Lipinski definition) is 2. The zero-order valence-corrected chi connectivity index (χ0v) is 4.35. The molecule has 7 heavy (non-hydrogen) atoms. The monoisotopic (exact) mass is 99.1 g/mol. The molecule has 0 aliphatic carbocycles. The third-order valence-corrected chi connectivity index (χ3v) is 1.18. The molecule has 1 radical (unpaired) electrons. The first-order valence-corrected chi connectivity index (χ1v) is 2.70. The number of rotatable bonds is 0. The van der Waals surface area contributed by atoms with Crippen molar-refractivity contribution in [2.75, 3.05) is 6.54 Å². The molecule has 2 heteroatoms. The Morgan fingerprint density at radius 3 is 2.86 bits per heavy atom. The van der Waals surface area contributed by atoms with Crippen molar-refractivity contribution in [2.45, 2.75) is 19.0 Å². The fourth-order valence-electron chi connectivity index (χ4n) is 0.752. The lowest BCUT2D eigenvalue weighted by molar-refractivity contribution is 0.471. The second kappa shape index (κ2) is 2.28. The molecule has 1 atom stereocenters. The Balaban J connectivity index is 2.12. The van der Waals surface area contributed by atoms with E-state index in [1.165, 1.54) is 6.42 Å². The summed E-state index contributed by atoms with van der Waals surface area (Å²) in [5.41, 5.74) is 5.49. The molecule has 3 N–H and O–H groups in total. The molecular formula is C5H11N2. The van der Waals surface area contributed by atoms with Crippen molar-refractivity contribution in [3.05, 3.63) is 6.42 Å². The van der Waals surface area contributed by atoms with E-state index >= 15 is 0 Å². The predicted octanol–water partition coefficient (Wildman–Crippen LogP) is -0.141. The molecule has 2 nitrogen and oxygen atoms in total. The molecule has 0 saturated carbocycles. The minimum absolute atomic E-state index is 0.230. The van der Waals surface area contributed by atoms with Crippen molar-refractivity contribution in [1.82, 2.24) is 5.32 Å². The van der Waals surface area contributed by atoms with E-state index in [1.54, 1.807) is 0 Å². The molecule has 1 aliphatic rings. The smallest absolute Gasteiger partial charge is 0.0549 e. The molecule has 1 fully saturated rings. The van der Waals surface area contributed by atoms with E-state index < -0.39 is 0 Å². The molecule has 41 valence electrons. The van der Waals surface area contributed by atoms with Gasteiger partial charge in [0.05, 0.1) is 6.17 Å². The van der Waals surface area contributed by atoms with Gasteiger partial charge in [-0.3, -0.25) is 0 Å². The maximum Gasteiger partial charge on any atom is 0.0549 e. The third kappa shape index (κ3) is 1.45. The van der Waals surface area contributed by atoms with Crippen LogP contribution in [0.4, 0.5) is 0 Å². The van der Waals surface area contributed by atoms with E-state index in [0.29, 0.717) is 0 Å². The standard InChI is InChI=1S/C5H11N2/c6-5-3-1-2-4-7-5/h1,5,7H,2-4,6H2. The molecule has 1 unspecified atom stereocenters. The topological polar surface area (TPSA) is 38.0 Å². The molecular weight excluding hydrogens is 88.1 g/mol. The Morgan fingerprint density at radius 2 is 2.57 bits per heavy atom. The van der Waals surface area contributed by atoms with E-state index in [0.717, 1.165) is 13.0 Å². The number of piperidine rings is 1. The quantitative estimate of drug-likeness (QED) is 0.443. The lowest BCUT2D eigenvalue weighted by Crippen LogP contribution is -2.41. The average Bonchev–Trinajstić information content (AvgIpc) is 1.69. The lowest BCUT2D eigenvalue weighted by Gasteiger charge is -2.17. The molecule has 0 aromatic heterocycles. The molecule has 1 rings (SSSR count). The summed E-state index contributed by atoms with van der Waals surface area (Å²) in [7, 11) is 0. The van der Waals surface area contributed by atoms with Crippen LogP contribution in [0.3, 0.4) is 0 Å². The van der Waals surface area contributed by atoms with Crippen LogP contribution in [0, 0.1) is 6.42 Å². The summed E-state index contributed by atoms with van der Waals surface area (Å²) >= 11 is 0. The van der Waals surface area contributed by atoms with Gasteiger partial charge in [0.25, 0.3) is 0 Å². The van der Waals surface area contributed by atoms with Gasteiger partial charge in [-0.1, -0.05) is 0 Å². The van der Waals surface area contributed by atoms with Crippen molar-refractivity contribution < 1.29 is 0 Å². The average molecular weight is 99.2 g/mol. The number of nitrogens with one attached hydrogen (secondary N) is 1. The lowest BCUT2D eigenvalue weighted by atomic mass is 10.1. The van der Waals surface area contributed by atoms with Gasteiger partial charge in [0.1, 0.15) is 0 Å². The molecule has 0 spiro atoms. The van der Waals surface area contributed by atoms with Crippen molar-refractivity contribution in [3.63, 3.8) is 0 Å². The molecule has 0 aromatic rings. The number of nitrogens with two attached hydrogens (primary N) is 1. The first kappa shape index (κ1) is 5.06. The second-order valence-electron chi connectivity index (χ2n) is 1.87. The van der Waals surface area contributed by atoms with Gasteiger partial charge in [-0.05, 0) is 25.8 Å². The summed E-state index contributed by atoms with van der Waals surface area (Å²) in [6.07, 6.45) is 4.66. The summed E-state index contributed by atoms with van der Waals surface area (Å²) in [4.78, 5) is 0. The van der Waals surface area contributed by atoms with Crippen LogP contribution in [-0.2, 0) is 0 Å². The summed E-state index contributed by atoms with van der Waals surface area (Å²) in [5, 5.41) is 3.13. The van der Waals surface area contributed by atoms with Gasteiger partial charge in [-0.2, -0.15) is 0 Å². The van der Waals surface area contributed by atoms with Crippen LogP contribution in [0.1, 0.15) is 12.8 Å². The van der Waals surface area contributed by atoms with Crippen LogP contribution in [-0.4, -0.2) is 12.7 Å². The van der Waals surface area contributed by atoms with Gasteiger partial charge in [0, 0.05) is 0 Å². The highest BCUT2D eigenvalue weighted by Gasteiger charge is 2.04. The van der Waals surface area contributed by atoms with E-state index in [-0.39, 0.29) is 6.17 Å². The predicted molar refractivity (Wildman–Crippen MR) is 29.5 cm³/mol. The summed E-state index contributed by atoms with van der Waals surface area (Å²) in [6, 6.07) is 0. The maximum atomic E-state index is 5.49. The summed E-state index contributed by atoms with van der Waals surface area (Å²) < 4.78 is 0. The molecule has 1 aliphatic heterocycles. The van der Waals surface area contributed by atoms with Crippen molar-refractivity contribution >= 4 is 0 Å². The van der Waals surface area contributed by atoms with Gasteiger partial charge >= 0.3 is 0 Å². The van der Waals surface area contributed by atoms with Gasteiger partial charge in [-0.25, -0.2) is 0 Å². The third-order valence-electron chi connectivity index (χ3n) is 1.18. The second-order valence-corrected chi connectivity index (χ2v) is 1.87. The summed E-state index contributed by atoms with van der Waals surface area (Å²) in [6.45, 7) is 1.06. The van der Waals surface area contributed by atoms with Gasteiger partial charge in [0.15, 0.2) is 0 Å². The Kier molecular flexibility index (Phi) is 1.65. The highest BCUT2D eigenvalue weighted by atomic mass is 15.0. The van der Waals surface area contributed by atoms with Crippen LogP contribution in [0.5, 0.6) is 0 Å². The van der Waals surface area contributed by atoms with Crippen LogP contribution < -0.4 is 11.1 Å². The van der Waals surface area contributed by atoms with Crippen molar-refractivity contribution in [1.29, 1.82) is 0 Å². The highest BCUT2D eigenvalue weighted by Crippen LogP contribution is 1.99. The Morgan fingerprint density at radius 1 is 1.71 bits per heavy atom. The SMILES string of the molecule is NC1C[CH]CCN1. The van der Waals surface area contributed by atoms with E-state index in [2.05, 4.69) is 11.7 Å². The van der Waals surface area contributed by atoms with Crippen LogP contribution >= 0.6 is 0 Å². The Hall–Kier alpha value is -0.0800. The first-order valence-electron chi connectivity index (χ1n) is 2.70. The largest absolute Gasteiger partial charge is 0.316 e. The minimum atomic E-state index is 0.230. The summed E-state index contributed by atoms with van der Waals surface area (Å²) in [5.74, 6) is 0. The van der Waals surface area contributed by atoms with Crippen molar-refractivity contribution in [3.8, 4) is 0 Å². The normalized spacial score (nSPS) is 33.0. The van der Waals surface area contributed by atoms with E-state index in [9.17, 15) is 0 Å². The van der Waals surface area contributed by atoms with Gasteiger partial charge in [0.2, 0.25) is 0 Å². The van der Waals surface area contributed by atoms with E-state index in [1.807, 2.05) is 0 Å². The number of hydrogen-bond acceptors (Lipinski definition) is 2. The van der Waals surface area contributed by atoms with Crippen LogP contribution in [0.25, 0.3) is 0 Å². The maximum absolute atomic E-state index is 5.49. The van der Waals surface area contributed by atoms with Crippen molar-refractivity contribution in [2.24, 2.45) is 5.73 Å². The Bertz CT molecular complexity index is 48.0. The van der Waals surface area contributed by atoms with Gasteiger partial charge in [-0.15, -0.1) is 0 Å².